The molecule has 1 rings (SSSR count). The number of hydrogen-bond acceptors (Lipinski definition) is 2. The van der Waals surface area contributed by atoms with Gasteiger partial charge in [0.05, 0.1) is 6.54 Å². The van der Waals surface area contributed by atoms with Crippen LogP contribution in [0, 0.1) is 0 Å². The quantitative estimate of drug-likeness (QED) is 0.564. The van der Waals surface area contributed by atoms with Gasteiger partial charge < -0.3 is 10.4 Å². The van der Waals surface area contributed by atoms with Crippen LogP contribution in [0.2, 0.25) is 0 Å². The molecule has 0 amide bonds. The monoisotopic (exact) mass is 167 g/mol. The fourth-order valence-electron chi connectivity index (χ4n) is 0.783. The predicted molar refractivity (Wildman–Crippen MR) is 39.8 cm³/mol. The topological polar surface area (TPSA) is 32.3 Å². The van der Waals surface area contributed by atoms with E-state index in [0.29, 0.717) is 0 Å². The van der Waals surface area contributed by atoms with Gasteiger partial charge in [-0.25, -0.2) is 8.78 Å². The van der Waals surface area contributed by atoms with Gasteiger partial charge in [-0.3, -0.25) is 0 Å². The molecule has 2 nitrogen and oxygen atoms in total. The molecule has 0 bridgehead atoms. The summed E-state index contributed by atoms with van der Waals surface area (Å²) in [6.45, 7) is 4.69. The van der Waals surface area contributed by atoms with E-state index in [1.54, 1.807) is 0 Å². The fraction of sp³-hybridized carbons (Fsp3) is 1.00. The zero-order valence-electron chi connectivity index (χ0n) is 7.12. The molecule has 2 N–H and O–H groups in total. The molecule has 1 atom stereocenters. The Bertz CT molecular complexity index is 112. The first-order valence-electron chi connectivity index (χ1n) is 3.77. The summed E-state index contributed by atoms with van der Waals surface area (Å²) in [5, 5.41) is 11.3. The van der Waals surface area contributed by atoms with Gasteiger partial charge >= 0.3 is 0 Å². The maximum atomic E-state index is 12.4. The second kappa shape index (κ2) is 3.45. The Morgan fingerprint density at radius 1 is 1.27 bits per heavy atom. The molecule has 1 saturated heterocycles. The molecule has 1 fully saturated rings. The lowest BCUT2D eigenvalue weighted by Gasteiger charge is -2.22. The van der Waals surface area contributed by atoms with E-state index in [1.807, 2.05) is 13.8 Å². The summed E-state index contributed by atoms with van der Waals surface area (Å²) in [7, 11) is 0. The average Bonchev–Trinajstić information content (AvgIpc) is 2.12. The van der Waals surface area contributed by atoms with E-state index in [4.69, 9.17) is 5.11 Å². The molecule has 0 saturated carbocycles. The van der Waals surface area contributed by atoms with Crippen molar-refractivity contribution in [2.24, 2.45) is 0 Å². The molecular formula is C7H15F2NO. The van der Waals surface area contributed by atoms with Crippen LogP contribution in [0.1, 0.15) is 20.8 Å². The third-order valence-electron chi connectivity index (χ3n) is 1.60. The first kappa shape index (κ1) is 10.8. The number of nitrogens with one attached hydrogen (secondary N) is 1. The van der Waals surface area contributed by atoms with Crippen molar-refractivity contribution < 1.29 is 13.9 Å². The minimum Gasteiger partial charge on any atom is -0.382 e. The first-order chi connectivity index (χ1) is 4.96. The Labute approximate surface area is 65.6 Å². The van der Waals surface area contributed by atoms with Crippen LogP contribution in [0.25, 0.3) is 0 Å². The molecule has 1 unspecified atom stereocenters. The minimum absolute atomic E-state index is 0.0278. The lowest BCUT2D eigenvalue weighted by atomic mass is 10.0. The highest BCUT2D eigenvalue weighted by Gasteiger charge is 2.52. The molecule has 0 aliphatic carbocycles. The molecular weight excluding hydrogens is 152 g/mol. The van der Waals surface area contributed by atoms with Crippen LogP contribution in [0.15, 0.2) is 0 Å². The van der Waals surface area contributed by atoms with Gasteiger partial charge in [0.25, 0.3) is 5.92 Å². The summed E-state index contributed by atoms with van der Waals surface area (Å²) < 4.78 is 24.8. The van der Waals surface area contributed by atoms with Crippen LogP contribution in [-0.2, 0) is 0 Å². The Morgan fingerprint density at radius 2 is 1.73 bits per heavy atom. The summed E-state index contributed by atoms with van der Waals surface area (Å²) >= 11 is 0. The zero-order valence-corrected chi connectivity index (χ0v) is 7.12. The van der Waals surface area contributed by atoms with Gasteiger partial charge in [-0.1, -0.05) is 13.8 Å². The highest BCUT2D eigenvalue weighted by Crippen LogP contribution is 2.31. The Balaban J connectivity index is 0.000000461. The number of aliphatic hydroxyl groups is 1. The molecule has 4 heteroatoms. The molecule has 0 aromatic carbocycles. The molecule has 0 aromatic heterocycles. The maximum absolute atomic E-state index is 12.4. The van der Waals surface area contributed by atoms with Crippen LogP contribution in [-0.4, -0.2) is 29.7 Å². The van der Waals surface area contributed by atoms with Crippen molar-refractivity contribution >= 4 is 0 Å². The van der Waals surface area contributed by atoms with Crippen molar-refractivity contribution in [2.45, 2.75) is 32.3 Å². The van der Waals surface area contributed by atoms with Crippen molar-refractivity contribution in [2.75, 3.05) is 13.1 Å². The second-order valence-electron chi connectivity index (χ2n) is 2.58. The molecule has 0 aromatic rings. The Kier molecular flexibility index (Phi) is 3.38. The third-order valence-corrected chi connectivity index (χ3v) is 1.60. The molecule has 0 spiro atoms. The van der Waals surface area contributed by atoms with Gasteiger partial charge in [-0.2, -0.15) is 0 Å². The van der Waals surface area contributed by atoms with Crippen LogP contribution < -0.4 is 5.32 Å². The summed E-state index contributed by atoms with van der Waals surface area (Å²) in [4.78, 5) is 0. The summed E-state index contributed by atoms with van der Waals surface area (Å²) in [6, 6.07) is 0. The second-order valence-corrected chi connectivity index (χ2v) is 2.58. The SMILES string of the molecule is CC.CC1(O)CNCC1(F)F. The van der Waals surface area contributed by atoms with E-state index < -0.39 is 18.1 Å². The van der Waals surface area contributed by atoms with E-state index >= 15 is 0 Å². The van der Waals surface area contributed by atoms with Gasteiger partial charge in [0.2, 0.25) is 0 Å². The molecule has 1 aliphatic rings. The molecule has 0 radical (unpaired) electrons. The van der Waals surface area contributed by atoms with E-state index in [9.17, 15) is 8.78 Å². The number of halogens is 2. The molecule has 68 valence electrons. The van der Waals surface area contributed by atoms with E-state index in [2.05, 4.69) is 5.32 Å². The fourth-order valence-corrected chi connectivity index (χ4v) is 0.783. The lowest BCUT2D eigenvalue weighted by Crippen LogP contribution is -2.43. The van der Waals surface area contributed by atoms with Crippen molar-refractivity contribution in [1.82, 2.24) is 5.32 Å². The normalized spacial score (nSPS) is 34.4. The van der Waals surface area contributed by atoms with Crippen molar-refractivity contribution in [1.29, 1.82) is 0 Å². The van der Waals surface area contributed by atoms with Crippen LogP contribution in [0.4, 0.5) is 8.78 Å². The van der Waals surface area contributed by atoms with Gasteiger partial charge in [0.1, 0.15) is 5.60 Å². The van der Waals surface area contributed by atoms with Gasteiger partial charge in [0.15, 0.2) is 0 Å². The molecule has 11 heavy (non-hydrogen) atoms. The highest BCUT2D eigenvalue weighted by atomic mass is 19.3. The third kappa shape index (κ3) is 2.10. The van der Waals surface area contributed by atoms with E-state index in [1.165, 1.54) is 0 Å². The molecule has 1 heterocycles. The highest BCUT2D eigenvalue weighted by molar-refractivity contribution is 4.98. The van der Waals surface area contributed by atoms with Crippen molar-refractivity contribution in [3.8, 4) is 0 Å². The largest absolute Gasteiger partial charge is 0.382 e. The van der Waals surface area contributed by atoms with Gasteiger partial charge in [-0.15, -0.1) is 0 Å². The Morgan fingerprint density at radius 3 is 1.82 bits per heavy atom. The summed E-state index contributed by atoms with van der Waals surface area (Å²) in [5.41, 5.74) is -1.85. The number of rotatable bonds is 0. The van der Waals surface area contributed by atoms with Crippen LogP contribution in [0.5, 0.6) is 0 Å². The maximum Gasteiger partial charge on any atom is 0.289 e. The van der Waals surface area contributed by atoms with Crippen molar-refractivity contribution in [3.63, 3.8) is 0 Å². The van der Waals surface area contributed by atoms with Crippen molar-refractivity contribution in [3.05, 3.63) is 0 Å². The minimum atomic E-state index is -2.97. The first-order valence-corrected chi connectivity index (χ1v) is 3.77. The average molecular weight is 167 g/mol. The molecule has 1 aliphatic heterocycles. The number of hydrogen-bond donors (Lipinski definition) is 2. The Hall–Kier alpha value is -0.220. The zero-order chi connectivity index (χ0) is 9.12. The summed E-state index contributed by atoms with van der Waals surface area (Å²) in [5.74, 6) is -2.97. The van der Waals surface area contributed by atoms with E-state index in [0.717, 1.165) is 6.92 Å². The van der Waals surface area contributed by atoms with Crippen LogP contribution in [0.3, 0.4) is 0 Å². The predicted octanol–water partition coefficient (Wildman–Crippen LogP) is 1.00. The van der Waals surface area contributed by atoms with Crippen LogP contribution >= 0.6 is 0 Å². The number of alkyl halides is 2. The van der Waals surface area contributed by atoms with Gasteiger partial charge in [-0.05, 0) is 6.92 Å². The smallest absolute Gasteiger partial charge is 0.289 e. The van der Waals surface area contributed by atoms with E-state index in [-0.39, 0.29) is 6.54 Å². The number of β-amino-alcohol motifs (C(OH)–C–C–N with tert-alkyl or cyclic N) is 1. The van der Waals surface area contributed by atoms with Gasteiger partial charge in [0, 0.05) is 6.54 Å². The summed E-state index contributed by atoms with van der Waals surface area (Å²) in [6.07, 6.45) is 0. The lowest BCUT2D eigenvalue weighted by molar-refractivity contribution is -0.134. The standard InChI is InChI=1S/C5H9F2NO.C2H6/c1-4(9)2-8-3-5(4,6)7;1-2/h8-9H,2-3H2,1H3;1-2H3.